The molecule has 2 rings (SSSR count). The summed E-state index contributed by atoms with van der Waals surface area (Å²) in [5.74, 6) is 0. The van der Waals surface area contributed by atoms with Gasteiger partial charge >= 0.3 is 29.6 Å². The lowest BCUT2D eigenvalue weighted by Crippen LogP contribution is -2.10. The quantitative estimate of drug-likeness (QED) is 0.400. The van der Waals surface area contributed by atoms with Gasteiger partial charge in [0.05, 0.1) is 0 Å². The molecule has 0 spiro atoms. The molecular weight excluding hydrogens is 174 g/mol. The molecule has 0 atom stereocenters. The van der Waals surface area contributed by atoms with E-state index < -0.39 is 29.6 Å². The summed E-state index contributed by atoms with van der Waals surface area (Å²) in [6, 6.07) is 7.34. The van der Waals surface area contributed by atoms with Crippen molar-refractivity contribution in [1.82, 2.24) is 0 Å². The highest BCUT2D eigenvalue weighted by molar-refractivity contribution is 6.61. The number of rotatable bonds is 2. The Kier molecular flexibility index (Phi) is 1.92. The first kappa shape index (κ1) is 6.89. The van der Waals surface area contributed by atoms with Crippen molar-refractivity contribution in [2.45, 2.75) is 0 Å². The van der Waals surface area contributed by atoms with Crippen molar-refractivity contribution >= 4 is 47.6 Å². The minimum absolute atomic E-state index is 1.57. The van der Waals surface area contributed by atoms with Gasteiger partial charge in [0.1, 0.15) is 0 Å². The first-order valence-corrected chi connectivity index (χ1v) is 5.99. The van der Waals surface area contributed by atoms with Crippen molar-refractivity contribution in [2.75, 3.05) is 0 Å². The van der Waals surface area contributed by atoms with E-state index in [2.05, 4.69) is 41.9 Å². The van der Waals surface area contributed by atoms with Gasteiger partial charge in [-0.25, -0.2) is 0 Å². The standard InChI is InChI=1S/3CN2.2Al/c3*2-1-3;;/q3*-2;2*+3. The Balaban J connectivity index is 1.88. The van der Waals surface area contributed by atoms with Gasteiger partial charge in [0.25, 0.3) is 0 Å². The zero-order valence-corrected chi connectivity index (χ0v) is 7.65. The van der Waals surface area contributed by atoms with Crippen molar-refractivity contribution in [3.05, 3.63) is 0 Å². The van der Waals surface area contributed by atoms with E-state index in [1.807, 2.05) is 0 Å². The molecular formula is C3Al2N6. The average molecular weight is 174 g/mol. The van der Waals surface area contributed by atoms with E-state index in [1.165, 1.54) is 0 Å². The van der Waals surface area contributed by atoms with Crippen LogP contribution in [0.4, 0.5) is 0 Å². The van der Waals surface area contributed by atoms with E-state index in [-0.39, 0.29) is 0 Å². The van der Waals surface area contributed by atoms with Crippen LogP contribution in [0, 0.1) is 0 Å². The van der Waals surface area contributed by atoms with Crippen LogP contribution in [0.5, 0.6) is 0 Å². The Hall–Kier alpha value is -0.795. The van der Waals surface area contributed by atoms with E-state index >= 15 is 0 Å². The average Bonchev–Trinajstić information content (AvgIpc) is 1.79. The lowest BCUT2D eigenvalue weighted by atomic mass is 11.6. The molecule has 0 saturated heterocycles. The van der Waals surface area contributed by atoms with Crippen LogP contribution in [0.3, 0.4) is 0 Å². The van der Waals surface area contributed by atoms with Gasteiger partial charge in [0, 0.05) is 18.0 Å². The topological polar surface area (TPSA) is 74.2 Å². The van der Waals surface area contributed by atoms with E-state index in [4.69, 9.17) is 0 Å². The lowest BCUT2D eigenvalue weighted by Gasteiger charge is -1.91. The predicted molar refractivity (Wildman–Crippen MR) is 41.1 cm³/mol. The maximum absolute atomic E-state index is 3.86. The van der Waals surface area contributed by atoms with E-state index in [0.717, 1.165) is 0 Å². The van der Waals surface area contributed by atoms with Crippen LogP contribution in [0.1, 0.15) is 0 Å². The summed E-state index contributed by atoms with van der Waals surface area (Å²) in [4.78, 5) is 0. The molecule has 11 heavy (non-hydrogen) atoms. The van der Waals surface area contributed by atoms with Gasteiger partial charge in [-0.15, -0.1) is 0 Å². The summed E-state index contributed by atoms with van der Waals surface area (Å²) >= 11 is -3.14. The Morgan fingerprint density at radius 2 is 1.36 bits per heavy atom. The monoisotopic (exact) mass is 174 g/mol. The second-order valence-electron chi connectivity index (χ2n) is 1.77. The van der Waals surface area contributed by atoms with Crippen molar-refractivity contribution < 1.29 is 0 Å². The molecule has 2 aliphatic heterocycles. The van der Waals surface area contributed by atoms with Crippen LogP contribution in [0.15, 0.2) is 23.9 Å². The SMILES string of the molecule is C1=[N][Al]([N]=C=[N][Al]2[N]=C=[N]2)[N]=1. The molecule has 2 heterocycles. The van der Waals surface area contributed by atoms with Crippen molar-refractivity contribution in [3.8, 4) is 0 Å². The number of hydrogen-bond donors (Lipinski definition) is 0. The molecule has 0 aliphatic carbocycles. The van der Waals surface area contributed by atoms with Gasteiger partial charge in [-0.2, -0.15) is 0 Å². The van der Waals surface area contributed by atoms with Gasteiger partial charge in [-0.3, -0.25) is 23.9 Å². The van der Waals surface area contributed by atoms with Gasteiger partial charge in [0.15, 0.2) is 0 Å². The van der Waals surface area contributed by atoms with Crippen molar-refractivity contribution in [3.63, 3.8) is 0 Å². The molecule has 0 aromatic rings. The molecule has 0 unspecified atom stereocenters. The van der Waals surface area contributed by atoms with E-state index in [0.29, 0.717) is 0 Å². The smallest absolute Gasteiger partial charge is 0.295 e. The maximum Gasteiger partial charge on any atom is 0.826 e. The third-order valence-electron chi connectivity index (χ3n) is 1.04. The van der Waals surface area contributed by atoms with Crippen LogP contribution in [-0.2, 0) is 0 Å². The Labute approximate surface area is 71.6 Å². The third kappa shape index (κ3) is 1.61. The highest BCUT2D eigenvalue weighted by Gasteiger charge is 2.26. The van der Waals surface area contributed by atoms with Crippen molar-refractivity contribution in [1.29, 1.82) is 0 Å². The van der Waals surface area contributed by atoms with Crippen LogP contribution in [-0.4, -0.2) is 47.6 Å². The lowest BCUT2D eigenvalue weighted by molar-refractivity contribution is 1.45. The second-order valence-corrected chi connectivity index (χ2v) is 4.70. The van der Waals surface area contributed by atoms with E-state index in [1.54, 1.807) is 0 Å². The van der Waals surface area contributed by atoms with Crippen LogP contribution < -0.4 is 0 Å². The normalized spacial score (nSPS) is 15.6. The Bertz CT molecular complexity index is 304. The van der Waals surface area contributed by atoms with E-state index in [9.17, 15) is 0 Å². The summed E-state index contributed by atoms with van der Waals surface area (Å²) in [5, 5.41) is 0. The molecule has 48 valence electrons. The first-order valence-electron chi connectivity index (χ1n) is 2.89. The van der Waals surface area contributed by atoms with Gasteiger partial charge in [-0.05, 0) is 0 Å². The Morgan fingerprint density at radius 3 is 1.64 bits per heavy atom. The molecule has 0 aromatic carbocycles. The molecule has 0 radical (unpaired) electrons. The molecule has 6 nitrogen and oxygen atoms in total. The fraction of sp³-hybridized carbons (Fsp3) is 0. The minimum Gasteiger partial charge on any atom is -0.295 e. The molecule has 8 heteroatoms. The van der Waals surface area contributed by atoms with Crippen molar-refractivity contribution in [2.24, 2.45) is 23.9 Å². The second kappa shape index (κ2) is 3.07. The number of hydrogen-bond acceptors (Lipinski definition) is 6. The summed E-state index contributed by atoms with van der Waals surface area (Å²) in [7, 11) is 0. The maximum atomic E-state index is 3.86. The fourth-order valence-corrected chi connectivity index (χ4v) is 1.61. The molecule has 0 saturated carbocycles. The number of nitrogens with zero attached hydrogens (tertiary/aromatic N) is 6. The summed E-state index contributed by atoms with van der Waals surface area (Å²) in [6.07, 6.45) is 0. The van der Waals surface area contributed by atoms with Gasteiger partial charge < -0.3 is 0 Å². The van der Waals surface area contributed by atoms with Gasteiger partial charge in [-0.1, -0.05) is 0 Å². The van der Waals surface area contributed by atoms with Gasteiger partial charge in [0.2, 0.25) is 0 Å². The molecule has 2 aliphatic rings. The molecule has 0 fully saturated rings. The third-order valence-corrected chi connectivity index (χ3v) is 3.12. The zero-order chi connectivity index (χ0) is 7.52. The molecule has 0 N–H and O–H groups in total. The summed E-state index contributed by atoms with van der Waals surface area (Å²) in [6.45, 7) is 0. The predicted octanol–water partition coefficient (Wildman–Crippen LogP) is -0.495. The fourth-order valence-electron chi connectivity index (χ4n) is 0.471. The highest BCUT2D eigenvalue weighted by atomic mass is 27.2. The molecule has 0 amide bonds. The largest absolute Gasteiger partial charge is 0.826 e. The van der Waals surface area contributed by atoms with Crippen LogP contribution >= 0.6 is 0 Å². The minimum atomic E-state index is -1.57. The van der Waals surface area contributed by atoms with Crippen LogP contribution in [0.25, 0.3) is 0 Å². The molecule has 0 aromatic heterocycles. The highest BCUT2D eigenvalue weighted by Crippen LogP contribution is 1.94. The first-order chi connectivity index (χ1) is 5.45. The summed E-state index contributed by atoms with van der Waals surface area (Å²) in [5.41, 5.74) is 0. The van der Waals surface area contributed by atoms with Crippen LogP contribution in [0.2, 0.25) is 0 Å². The Morgan fingerprint density at radius 1 is 0.909 bits per heavy atom. The molecule has 0 bridgehead atoms. The summed E-state index contributed by atoms with van der Waals surface area (Å²) < 4.78 is 22.9. The zero-order valence-electron chi connectivity index (χ0n) is 5.34.